The van der Waals surface area contributed by atoms with Crippen LogP contribution >= 0.6 is 0 Å². The molecule has 2 aliphatic heterocycles. The first-order valence-corrected chi connectivity index (χ1v) is 24.1. The lowest BCUT2D eigenvalue weighted by molar-refractivity contribution is -0.217. The average molecular weight is 911 g/mol. The Balaban J connectivity index is 0.000000162. The Kier molecular flexibility index (Phi) is 10.5. The number of likely N-dealkylation sites (tertiary alicyclic amines) is 2. The van der Waals surface area contributed by atoms with Crippen LogP contribution in [0.3, 0.4) is 0 Å². The van der Waals surface area contributed by atoms with Gasteiger partial charge in [0.05, 0.1) is 23.9 Å². The molecule has 10 aliphatic carbocycles. The van der Waals surface area contributed by atoms with Gasteiger partial charge in [0.1, 0.15) is 34.0 Å². The second kappa shape index (κ2) is 14.5. The molecule has 0 aromatic carbocycles. The van der Waals surface area contributed by atoms with Crippen LogP contribution in [0.4, 0.5) is 26.3 Å². The monoisotopic (exact) mass is 911 g/mol. The van der Waals surface area contributed by atoms with Crippen LogP contribution < -0.4 is 21.3 Å². The van der Waals surface area contributed by atoms with Gasteiger partial charge < -0.3 is 21.3 Å². The maximum absolute atomic E-state index is 15.2. The largest absolute Gasteiger partial charge is 0.352 e. The number of halogens is 6. The minimum absolute atomic E-state index is 0.00314. The predicted octanol–water partition coefficient (Wildman–Crippen LogP) is 6.73. The Morgan fingerprint density at radius 1 is 0.453 bits per heavy atom. The summed E-state index contributed by atoms with van der Waals surface area (Å²) < 4.78 is 91.4. The first-order valence-electron chi connectivity index (χ1n) is 24.1. The van der Waals surface area contributed by atoms with Crippen LogP contribution in [-0.4, -0.2) is 130 Å². The van der Waals surface area contributed by atoms with Crippen molar-refractivity contribution < 1.29 is 45.5 Å². The number of nitrogens with zero attached hydrogens (tertiary/aromatic N) is 2. The molecular weight excluding hydrogens is 839 g/mol. The number of rotatable bonds is 8. The molecule has 4 amide bonds. The number of piperidine rings is 2. The van der Waals surface area contributed by atoms with Gasteiger partial charge in [0.25, 0.3) is 0 Å². The number of carbonyl (C=O) groups is 4. The lowest BCUT2D eigenvalue weighted by atomic mass is 9.46. The van der Waals surface area contributed by atoms with Gasteiger partial charge in [-0.3, -0.25) is 29.0 Å². The summed E-state index contributed by atoms with van der Waals surface area (Å²) in [6.07, 6.45) is 3.23. The van der Waals surface area contributed by atoms with E-state index < -0.39 is 44.8 Å². The molecule has 2 heterocycles. The number of alkyl halides is 6. The van der Waals surface area contributed by atoms with Crippen LogP contribution in [0, 0.1) is 21.7 Å². The van der Waals surface area contributed by atoms with Crippen LogP contribution in [0.2, 0.25) is 0 Å². The van der Waals surface area contributed by atoms with E-state index in [0.717, 1.165) is 64.7 Å². The van der Waals surface area contributed by atoms with E-state index in [1.54, 1.807) is 0 Å². The van der Waals surface area contributed by atoms with Crippen molar-refractivity contribution in [3.63, 3.8) is 0 Å². The van der Waals surface area contributed by atoms with Gasteiger partial charge in [0.2, 0.25) is 23.6 Å². The third-order valence-electron chi connectivity index (χ3n) is 17.2. The van der Waals surface area contributed by atoms with Gasteiger partial charge in [-0.15, -0.1) is 0 Å². The Hall–Kier alpha value is -2.62. The standard InChI is InChI=1S/2C24H36F3N3O2/c2*1-19(2,3)29-17(31)9-30-6-4-20(5-7-30)8-16(20)28-18(32)21-10-22(25)13-23(26,11-21)15-24(27,12-21)14-22/h2*16H,4-15H2,1-3H3,(H,28,32)(H,29,31)/t16-,21?,22?,23?,24?;/m1./s1. The van der Waals surface area contributed by atoms with Crippen LogP contribution in [-0.2, 0) is 19.2 Å². The van der Waals surface area contributed by atoms with Crippen molar-refractivity contribution >= 4 is 23.6 Å². The topological polar surface area (TPSA) is 123 Å². The zero-order valence-corrected chi connectivity index (χ0v) is 38.9. The summed E-state index contributed by atoms with van der Waals surface area (Å²) in [7, 11) is 0. The van der Waals surface area contributed by atoms with Gasteiger partial charge in [-0.1, -0.05) is 0 Å². The van der Waals surface area contributed by atoms with E-state index in [1.807, 2.05) is 41.5 Å². The highest BCUT2D eigenvalue weighted by Crippen LogP contribution is 2.70. The number of amides is 4. The second-order valence-corrected chi connectivity index (χ2v) is 25.9. The highest BCUT2D eigenvalue weighted by Gasteiger charge is 2.74. The molecule has 0 radical (unpaired) electrons. The molecule has 1 unspecified atom stereocenters. The van der Waals surface area contributed by atoms with E-state index >= 15 is 26.3 Å². The van der Waals surface area contributed by atoms with Crippen molar-refractivity contribution in [2.45, 2.75) is 214 Å². The van der Waals surface area contributed by atoms with E-state index in [9.17, 15) is 19.2 Å². The molecule has 0 aromatic heterocycles. The van der Waals surface area contributed by atoms with Crippen molar-refractivity contribution in [2.24, 2.45) is 21.7 Å². The Morgan fingerprint density at radius 2 is 0.703 bits per heavy atom. The summed E-state index contributed by atoms with van der Waals surface area (Å²) in [6, 6.07) is -0.0366. The molecular formula is C48H72F6N6O4. The number of nitrogens with one attached hydrogen (secondary N) is 4. The molecule has 16 heteroatoms. The summed E-state index contributed by atoms with van der Waals surface area (Å²) in [6.45, 7) is 15.6. The summed E-state index contributed by atoms with van der Waals surface area (Å²) >= 11 is 0. The van der Waals surface area contributed by atoms with E-state index in [-0.39, 0.29) is 135 Å². The molecule has 2 atom stereocenters. The molecule has 12 rings (SSSR count). The maximum atomic E-state index is 15.2. The van der Waals surface area contributed by atoms with Crippen LogP contribution in [0.25, 0.3) is 0 Å². The molecule has 360 valence electrons. The molecule has 2 saturated heterocycles. The molecule has 2 spiro atoms. The number of hydrogen-bond donors (Lipinski definition) is 4. The number of hydrogen-bond acceptors (Lipinski definition) is 6. The Bertz CT molecular complexity index is 1690. The van der Waals surface area contributed by atoms with Gasteiger partial charge in [0.15, 0.2) is 0 Å². The molecule has 0 aromatic rings. The highest BCUT2D eigenvalue weighted by atomic mass is 19.2. The molecule has 4 N–H and O–H groups in total. The first-order chi connectivity index (χ1) is 29.3. The van der Waals surface area contributed by atoms with E-state index in [1.165, 1.54) is 0 Å². The summed E-state index contributed by atoms with van der Waals surface area (Å²) in [4.78, 5) is 55.2. The SMILES string of the molecule is CC(C)(C)NC(=O)CN1CCC2(CC1)CC2NC(=O)C12CC3(F)CC(F)(CC(F)(C3)C1)C2.CC(C)(C)NC(=O)CN1CCC2(CC1)C[C@H]2NC(=O)C12CC3(F)CC(F)(CC(F)(C3)C1)C2. The minimum Gasteiger partial charge on any atom is -0.352 e. The summed E-state index contributed by atoms with van der Waals surface area (Å²) in [5.41, 5.74) is -14.5. The molecule has 12 aliphatic rings. The van der Waals surface area contributed by atoms with Gasteiger partial charge in [-0.2, -0.15) is 0 Å². The fraction of sp³-hybridized carbons (Fsp3) is 0.917. The first kappa shape index (κ1) is 46.5. The minimum atomic E-state index is -1.91. The van der Waals surface area contributed by atoms with E-state index in [4.69, 9.17) is 0 Å². The van der Waals surface area contributed by atoms with Crippen molar-refractivity contribution in [3.05, 3.63) is 0 Å². The third-order valence-corrected chi connectivity index (χ3v) is 17.2. The summed E-state index contributed by atoms with van der Waals surface area (Å²) in [5.74, 6) is -0.680. The molecule has 10 nitrogen and oxygen atoms in total. The van der Waals surface area contributed by atoms with Gasteiger partial charge in [-0.25, -0.2) is 26.3 Å². The van der Waals surface area contributed by atoms with Gasteiger partial charge >= 0.3 is 0 Å². The Labute approximate surface area is 374 Å². The predicted molar refractivity (Wildman–Crippen MR) is 228 cm³/mol. The zero-order chi connectivity index (χ0) is 46.4. The fourth-order valence-electron chi connectivity index (χ4n) is 15.5. The normalized spacial score (nSPS) is 44.5. The highest BCUT2D eigenvalue weighted by molar-refractivity contribution is 5.85. The maximum Gasteiger partial charge on any atom is 0.234 e. The van der Waals surface area contributed by atoms with Crippen LogP contribution in [0.5, 0.6) is 0 Å². The van der Waals surface area contributed by atoms with Gasteiger partial charge in [0, 0.05) is 61.7 Å². The van der Waals surface area contributed by atoms with Crippen molar-refractivity contribution in [1.82, 2.24) is 31.1 Å². The lowest BCUT2D eigenvalue weighted by Crippen LogP contribution is -2.68. The molecule has 10 saturated carbocycles. The average Bonchev–Trinajstić information content (AvgIpc) is 3.95. The quantitative estimate of drug-likeness (QED) is 0.201. The van der Waals surface area contributed by atoms with Crippen molar-refractivity contribution in [3.8, 4) is 0 Å². The van der Waals surface area contributed by atoms with Crippen molar-refractivity contribution in [1.29, 1.82) is 0 Å². The van der Waals surface area contributed by atoms with E-state index in [0.29, 0.717) is 13.1 Å². The second-order valence-electron chi connectivity index (χ2n) is 25.9. The molecule has 64 heavy (non-hydrogen) atoms. The Morgan fingerprint density at radius 3 is 0.938 bits per heavy atom. The lowest BCUT2D eigenvalue weighted by Gasteiger charge is -2.62. The molecule has 12 fully saturated rings. The third kappa shape index (κ3) is 9.07. The van der Waals surface area contributed by atoms with Gasteiger partial charge in [-0.05, 0) is 156 Å². The number of carbonyl (C=O) groups excluding carboxylic acids is 4. The molecule has 8 bridgehead atoms. The van der Waals surface area contributed by atoms with Crippen LogP contribution in [0.1, 0.15) is 157 Å². The van der Waals surface area contributed by atoms with Crippen LogP contribution in [0.15, 0.2) is 0 Å². The zero-order valence-electron chi connectivity index (χ0n) is 38.9. The van der Waals surface area contributed by atoms with Crippen molar-refractivity contribution in [2.75, 3.05) is 39.3 Å². The smallest absolute Gasteiger partial charge is 0.234 e. The fourth-order valence-corrected chi connectivity index (χ4v) is 15.5. The van der Waals surface area contributed by atoms with E-state index in [2.05, 4.69) is 31.1 Å². The summed E-state index contributed by atoms with van der Waals surface area (Å²) in [5, 5.41) is 12.1.